The Morgan fingerprint density at radius 3 is 2.37 bits per heavy atom. The molecule has 1 unspecified atom stereocenters. The molecule has 0 aliphatic rings. The zero-order valence-corrected chi connectivity index (χ0v) is 11.0. The second-order valence-corrected chi connectivity index (χ2v) is 5.23. The van der Waals surface area contributed by atoms with Crippen LogP contribution >= 0.6 is 11.8 Å². The maximum absolute atomic E-state index is 12.7. The average molecular weight is 296 g/mol. The van der Waals surface area contributed by atoms with E-state index in [9.17, 15) is 17.6 Å². The van der Waals surface area contributed by atoms with Gasteiger partial charge in [0.2, 0.25) is 0 Å². The molecule has 1 atom stereocenters. The van der Waals surface area contributed by atoms with E-state index in [1.54, 1.807) is 12.1 Å². The van der Waals surface area contributed by atoms with E-state index in [0.29, 0.717) is 12.2 Å². The third-order valence-corrected chi connectivity index (χ3v) is 3.69. The maximum Gasteiger partial charge on any atom is 0.389 e. The van der Waals surface area contributed by atoms with Crippen molar-refractivity contribution in [3.05, 3.63) is 30.1 Å². The van der Waals surface area contributed by atoms with Gasteiger partial charge in [0.25, 0.3) is 0 Å². The molecule has 0 aliphatic carbocycles. The minimum atomic E-state index is -4.12. The van der Waals surface area contributed by atoms with Crippen LogP contribution in [0.5, 0.6) is 0 Å². The molecule has 0 amide bonds. The summed E-state index contributed by atoms with van der Waals surface area (Å²) in [7, 11) is 0. The summed E-state index contributed by atoms with van der Waals surface area (Å²) in [5.41, 5.74) is 2.51. The molecule has 108 valence electrons. The van der Waals surface area contributed by atoms with Crippen LogP contribution in [0.25, 0.3) is 0 Å². The predicted octanol–water partition coefficient (Wildman–Crippen LogP) is 3.48. The number of benzene rings is 1. The Morgan fingerprint density at radius 2 is 1.84 bits per heavy atom. The quantitative estimate of drug-likeness (QED) is 0.350. The van der Waals surface area contributed by atoms with Gasteiger partial charge >= 0.3 is 6.18 Å². The van der Waals surface area contributed by atoms with E-state index in [-0.39, 0.29) is 18.3 Å². The van der Waals surface area contributed by atoms with Crippen molar-refractivity contribution >= 4 is 11.8 Å². The van der Waals surface area contributed by atoms with Gasteiger partial charge in [-0.25, -0.2) is 4.39 Å². The van der Waals surface area contributed by atoms with Crippen molar-refractivity contribution in [3.63, 3.8) is 0 Å². The molecule has 0 fully saturated rings. The van der Waals surface area contributed by atoms with Gasteiger partial charge in [-0.05, 0) is 37.1 Å². The van der Waals surface area contributed by atoms with E-state index in [2.05, 4.69) is 5.43 Å². The van der Waals surface area contributed by atoms with Crippen molar-refractivity contribution in [1.29, 1.82) is 0 Å². The fraction of sp³-hybridized carbons (Fsp3) is 0.500. The zero-order valence-electron chi connectivity index (χ0n) is 10.2. The molecular weight excluding hydrogens is 280 g/mol. The fourth-order valence-electron chi connectivity index (χ4n) is 1.49. The molecule has 0 saturated heterocycles. The smallest absolute Gasteiger partial charge is 0.271 e. The van der Waals surface area contributed by atoms with Crippen molar-refractivity contribution in [2.24, 2.45) is 5.84 Å². The summed E-state index contributed by atoms with van der Waals surface area (Å²) in [6.07, 6.45) is -4.53. The molecule has 1 rings (SSSR count). The summed E-state index contributed by atoms with van der Waals surface area (Å²) in [6.45, 7) is 0. The van der Waals surface area contributed by atoms with Crippen LogP contribution < -0.4 is 11.3 Å². The molecule has 0 heterocycles. The van der Waals surface area contributed by atoms with Crippen LogP contribution in [0.2, 0.25) is 0 Å². The number of alkyl halides is 3. The first-order valence-electron chi connectivity index (χ1n) is 5.82. The molecule has 19 heavy (non-hydrogen) atoms. The van der Waals surface area contributed by atoms with E-state index in [1.807, 2.05) is 0 Å². The Bertz CT molecular complexity index is 367. The van der Waals surface area contributed by atoms with Gasteiger partial charge in [0.05, 0.1) is 0 Å². The molecule has 0 aromatic heterocycles. The number of thioether (sulfide) groups is 1. The molecule has 7 heteroatoms. The van der Waals surface area contributed by atoms with Crippen LogP contribution in [0, 0.1) is 5.82 Å². The lowest BCUT2D eigenvalue weighted by molar-refractivity contribution is -0.135. The SMILES string of the molecule is NNC(CCCC(F)(F)F)CSc1ccc(F)cc1. The van der Waals surface area contributed by atoms with Gasteiger partial charge in [0, 0.05) is 23.1 Å². The minimum Gasteiger partial charge on any atom is -0.271 e. The minimum absolute atomic E-state index is 0.0440. The van der Waals surface area contributed by atoms with Gasteiger partial charge in [-0.3, -0.25) is 11.3 Å². The molecule has 2 nitrogen and oxygen atoms in total. The molecule has 1 aromatic rings. The number of hydrogen-bond donors (Lipinski definition) is 2. The van der Waals surface area contributed by atoms with Gasteiger partial charge in [0.15, 0.2) is 0 Å². The van der Waals surface area contributed by atoms with Gasteiger partial charge in [-0.2, -0.15) is 13.2 Å². The predicted molar refractivity (Wildman–Crippen MR) is 68.1 cm³/mol. The lowest BCUT2D eigenvalue weighted by Crippen LogP contribution is -2.37. The Balaban J connectivity index is 2.30. The number of halogens is 4. The molecular formula is C12H16F4N2S. The monoisotopic (exact) mass is 296 g/mol. The Morgan fingerprint density at radius 1 is 1.21 bits per heavy atom. The lowest BCUT2D eigenvalue weighted by atomic mass is 10.1. The molecule has 0 radical (unpaired) electrons. The summed E-state index contributed by atoms with van der Waals surface area (Å²) in [5.74, 6) is 5.53. The van der Waals surface area contributed by atoms with Gasteiger partial charge in [-0.15, -0.1) is 11.8 Å². The van der Waals surface area contributed by atoms with E-state index >= 15 is 0 Å². The molecule has 1 aromatic carbocycles. The molecule has 0 saturated carbocycles. The van der Waals surface area contributed by atoms with Gasteiger partial charge in [-0.1, -0.05) is 0 Å². The normalized spacial score (nSPS) is 13.5. The van der Waals surface area contributed by atoms with Crippen LogP contribution in [-0.2, 0) is 0 Å². The highest BCUT2D eigenvalue weighted by atomic mass is 32.2. The second kappa shape index (κ2) is 7.72. The van der Waals surface area contributed by atoms with Gasteiger partial charge < -0.3 is 0 Å². The van der Waals surface area contributed by atoms with E-state index < -0.39 is 12.6 Å². The Labute approximate surface area is 113 Å². The second-order valence-electron chi connectivity index (χ2n) is 4.14. The number of hydrogen-bond acceptors (Lipinski definition) is 3. The highest BCUT2D eigenvalue weighted by molar-refractivity contribution is 7.99. The number of hydrazine groups is 1. The fourth-order valence-corrected chi connectivity index (χ4v) is 2.48. The summed E-state index contributed by atoms with van der Waals surface area (Å²) in [6, 6.07) is 5.75. The van der Waals surface area contributed by atoms with Crippen molar-refractivity contribution in [3.8, 4) is 0 Å². The Hall–Kier alpha value is -0.790. The van der Waals surface area contributed by atoms with Crippen molar-refractivity contribution in [2.75, 3.05) is 5.75 Å². The summed E-state index contributed by atoms with van der Waals surface area (Å²) >= 11 is 1.43. The number of rotatable bonds is 7. The maximum atomic E-state index is 12.7. The van der Waals surface area contributed by atoms with Crippen molar-refractivity contribution in [1.82, 2.24) is 5.43 Å². The summed E-state index contributed by atoms with van der Waals surface area (Å²) in [4.78, 5) is 0.859. The van der Waals surface area contributed by atoms with Crippen LogP contribution in [0.3, 0.4) is 0 Å². The molecule has 0 spiro atoms. The average Bonchev–Trinajstić information content (AvgIpc) is 2.34. The molecule has 0 aliphatic heterocycles. The van der Waals surface area contributed by atoms with E-state index in [0.717, 1.165) is 4.90 Å². The highest BCUT2D eigenvalue weighted by Crippen LogP contribution is 2.24. The third kappa shape index (κ3) is 7.39. The first-order valence-corrected chi connectivity index (χ1v) is 6.80. The molecule has 0 bridgehead atoms. The first-order chi connectivity index (χ1) is 8.90. The number of nitrogens with two attached hydrogens (primary N) is 1. The van der Waals surface area contributed by atoms with Gasteiger partial charge in [0.1, 0.15) is 5.82 Å². The van der Waals surface area contributed by atoms with Crippen LogP contribution in [0.15, 0.2) is 29.2 Å². The van der Waals surface area contributed by atoms with Crippen molar-refractivity contribution in [2.45, 2.75) is 36.4 Å². The number of nitrogens with one attached hydrogen (secondary N) is 1. The first kappa shape index (κ1) is 16.3. The summed E-state index contributed by atoms with van der Waals surface area (Å²) < 4.78 is 48.7. The van der Waals surface area contributed by atoms with E-state index in [4.69, 9.17) is 5.84 Å². The topological polar surface area (TPSA) is 38.0 Å². The van der Waals surface area contributed by atoms with Crippen molar-refractivity contribution < 1.29 is 17.6 Å². The summed E-state index contributed by atoms with van der Waals surface area (Å²) in [5, 5.41) is 0. The van der Waals surface area contributed by atoms with E-state index in [1.165, 1.54) is 23.9 Å². The largest absolute Gasteiger partial charge is 0.389 e. The highest BCUT2D eigenvalue weighted by Gasteiger charge is 2.26. The standard InChI is InChI=1S/C12H16F4N2S/c13-9-3-5-11(6-4-9)19-8-10(18-17)2-1-7-12(14,15)16/h3-6,10,18H,1-2,7-8,17H2. The Kier molecular flexibility index (Phi) is 6.60. The molecule has 3 N–H and O–H groups in total. The lowest BCUT2D eigenvalue weighted by Gasteiger charge is -2.16. The third-order valence-electron chi connectivity index (χ3n) is 2.51. The zero-order chi connectivity index (χ0) is 14.3. The van der Waals surface area contributed by atoms with Crippen LogP contribution in [0.1, 0.15) is 19.3 Å². The van der Waals surface area contributed by atoms with Crippen LogP contribution in [0.4, 0.5) is 17.6 Å². The van der Waals surface area contributed by atoms with Crippen LogP contribution in [-0.4, -0.2) is 18.0 Å².